The summed E-state index contributed by atoms with van der Waals surface area (Å²) in [5.74, 6) is 0.0731. The van der Waals surface area contributed by atoms with Gasteiger partial charge in [0.25, 0.3) is 5.91 Å². The zero-order valence-corrected chi connectivity index (χ0v) is 13.4. The molecule has 1 aliphatic heterocycles. The van der Waals surface area contributed by atoms with Crippen molar-refractivity contribution in [2.45, 2.75) is 6.04 Å². The molecule has 0 radical (unpaired) electrons. The SMILES string of the molecule is O=C(c1cccc2ncccc12)N1CCNC[C@H]1c1ccccc1. The van der Waals surface area contributed by atoms with Crippen molar-refractivity contribution in [3.8, 4) is 0 Å². The number of hydrogen-bond donors (Lipinski definition) is 1. The number of nitrogens with zero attached hydrogens (tertiary/aromatic N) is 2. The van der Waals surface area contributed by atoms with Gasteiger partial charge in [-0.1, -0.05) is 42.5 Å². The van der Waals surface area contributed by atoms with Crippen molar-refractivity contribution >= 4 is 16.8 Å². The van der Waals surface area contributed by atoms with Crippen LogP contribution in [0.1, 0.15) is 22.0 Å². The largest absolute Gasteiger partial charge is 0.329 e. The molecular weight excluding hydrogens is 298 g/mol. The number of amides is 1. The molecule has 1 fully saturated rings. The van der Waals surface area contributed by atoms with Crippen LogP contribution in [0, 0.1) is 0 Å². The maximum absolute atomic E-state index is 13.3. The topological polar surface area (TPSA) is 45.2 Å². The van der Waals surface area contributed by atoms with E-state index in [0.29, 0.717) is 6.54 Å². The smallest absolute Gasteiger partial charge is 0.255 e. The Kier molecular flexibility index (Phi) is 3.97. The van der Waals surface area contributed by atoms with Gasteiger partial charge < -0.3 is 10.2 Å². The van der Waals surface area contributed by atoms with Crippen molar-refractivity contribution in [2.24, 2.45) is 0 Å². The summed E-state index contributed by atoms with van der Waals surface area (Å²) in [6, 6.07) is 19.9. The zero-order valence-electron chi connectivity index (χ0n) is 13.4. The van der Waals surface area contributed by atoms with Crippen molar-refractivity contribution in [2.75, 3.05) is 19.6 Å². The van der Waals surface area contributed by atoms with Crippen LogP contribution in [-0.4, -0.2) is 35.4 Å². The Bertz CT molecular complexity index is 858. The molecule has 1 atom stereocenters. The molecule has 4 nitrogen and oxygen atoms in total. The second-order valence-corrected chi connectivity index (χ2v) is 6.00. The first-order chi connectivity index (χ1) is 11.8. The molecule has 1 aliphatic rings. The Labute approximate surface area is 141 Å². The van der Waals surface area contributed by atoms with Crippen molar-refractivity contribution in [1.82, 2.24) is 15.2 Å². The van der Waals surface area contributed by atoms with E-state index in [-0.39, 0.29) is 11.9 Å². The number of carbonyl (C=O) groups excluding carboxylic acids is 1. The van der Waals surface area contributed by atoms with E-state index in [1.165, 1.54) is 0 Å². The fraction of sp³-hybridized carbons (Fsp3) is 0.200. The average Bonchev–Trinajstić information content (AvgIpc) is 2.68. The molecule has 0 saturated carbocycles. The van der Waals surface area contributed by atoms with Crippen molar-refractivity contribution < 1.29 is 4.79 Å². The molecule has 24 heavy (non-hydrogen) atoms. The van der Waals surface area contributed by atoms with E-state index in [1.807, 2.05) is 53.4 Å². The first kappa shape index (κ1) is 14.8. The number of piperazine rings is 1. The Balaban J connectivity index is 1.74. The number of carbonyl (C=O) groups is 1. The highest BCUT2D eigenvalue weighted by molar-refractivity contribution is 6.06. The lowest BCUT2D eigenvalue weighted by Crippen LogP contribution is -2.48. The number of fused-ring (bicyclic) bond motifs is 1. The van der Waals surface area contributed by atoms with Crippen LogP contribution in [0.3, 0.4) is 0 Å². The van der Waals surface area contributed by atoms with Crippen LogP contribution < -0.4 is 5.32 Å². The molecule has 3 aromatic rings. The first-order valence-corrected chi connectivity index (χ1v) is 8.25. The third-order valence-electron chi connectivity index (χ3n) is 4.56. The predicted molar refractivity (Wildman–Crippen MR) is 94.8 cm³/mol. The van der Waals surface area contributed by atoms with E-state index in [2.05, 4.69) is 22.4 Å². The van der Waals surface area contributed by atoms with Gasteiger partial charge in [-0.25, -0.2) is 0 Å². The number of nitrogens with one attached hydrogen (secondary N) is 1. The molecule has 1 aromatic heterocycles. The molecular formula is C20H19N3O. The highest BCUT2D eigenvalue weighted by Crippen LogP contribution is 2.26. The molecule has 2 aromatic carbocycles. The fourth-order valence-electron chi connectivity index (χ4n) is 3.36. The van der Waals surface area contributed by atoms with Crippen LogP contribution >= 0.6 is 0 Å². The predicted octanol–water partition coefficient (Wildman–Crippen LogP) is 3.02. The van der Waals surface area contributed by atoms with E-state index in [9.17, 15) is 4.79 Å². The molecule has 4 rings (SSSR count). The Morgan fingerprint density at radius 3 is 2.79 bits per heavy atom. The fourth-order valence-corrected chi connectivity index (χ4v) is 3.36. The van der Waals surface area contributed by atoms with Gasteiger partial charge in [0.05, 0.1) is 11.6 Å². The Hall–Kier alpha value is -2.72. The lowest BCUT2D eigenvalue weighted by Gasteiger charge is -2.36. The van der Waals surface area contributed by atoms with Gasteiger partial charge in [0.1, 0.15) is 0 Å². The molecule has 1 amide bonds. The van der Waals surface area contributed by atoms with Gasteiger partial charge in [0, 0.05) is 36.8 Å². The molecule has 1 saturated heterocycles. The molecule has 0 aliphatic carbocycles. The highest BCUT2D eigenvalue weighted by atomic mass is 16.2. The number of pyridine rings is 1. The van der Waals surface area contributed by atoms with Gasteiger partial charge >= 0.3 is 0 Å². The lowest BCUT2D eigenvalue weighted by molar-refractivity contribution is 0.0636. The standard InChI is InChI=1S/C20H19N3O/c24-20(17-8-4-10-18-16(17)9-5-11-22-18)23-13-12-21-14-19(23)15-6-2-1-3-7-15/h1-11,19,21H,12-14H2/t19-/m0/s1. The maximum Gasteiger partial charge on any atom is 0.255 e. The van der Waals surface area contributed by atoms with E-state index >= 15 is 0 Å². The third-order valence-corrected chi connectivity index (χ3v) is 4.56. The summed E-state index contributed by atoms with van der Waals surface area (Å²) in [7, 11) is 0. The lowest BCUT2D eigenvalue weighted by atomic mass is 10.0. The maximum atomic E-state index is 13.3. The van der Waals surface area contributed by atoms with Crippen molar-refractivity contribution in [1.29, 1.82) is 0 Å². The number of aromatic nitrogens is 1. The zero-order chi connectivity index (χ0) is 16.4. The minimum absolute atomic E-state index is 0.0550. The average molecular weight is 317 g/mol. The summed E-state index contributed by atoms with van der Waals surface area (Å²) in [6.45, 7) is 2.30. The van der Waals surface area contributed by atoms with E-state index in [1.54, 1.807) is 6.20 Å². The van der Waals surface area contributed by atoms with Crippen LogP contribution in [0.25, 0.3) is 10.9 Å². The van der Waals surface area contributed by atoms with Crippen molar-refractivity contribution in [3.05, 3.63) is 78.0 Å². The van der Waals surface area contributed by atoms with Gasteiger partial charge in [0.15, 0.2) is 0 Å². The summed E-state index contributed by atoms with van der Waals surface area (Å²) in [6.07, 6.45) is 1.76. The molecule has 0 bridgehead atoms. The molecule has 120 valence electrons. The monoisotopic (exact) mass is 317 g/mol. The van der Waals surface area contributed by atoms with Crippen molar-refractivity contribution in [3.63, 3.8) is 0 Å². The third kappa shape index (κ3) is 2.65. The molecule has 0 spiro atoms. The Morgan fingerprint density at radius 1 is 1.04 bits per heavy atom. The van der Waals surface area contributed by atoms with Crippen LogP contribution in [-0.2, 0) is 0 Å². The highest BCUT2D eigenvalue weighted by Gasteiger charge is 2.29. The Morgan fingerprint density at radius 2 is 1.92 bits per heavy atom. The normalized spacial score (nSPS) is 17.8. The van der Waals surface area contributed by atoms with Crippen LogP contribution in [0.5, 0.6) is 0 Å². The molecule has 0 unspecified atom stereocenters. The van der Waals surface area contributed by atoms with Crippen LogP contribution in [0.4, 0.5) is 0 Å². The molecule has 2 heterocycles. The van der Waals surface area contributed by atoms with Gasteiger partial charge in [-0.3, -0.25) is 9.78 Å². The van der Waals surface area contributed by atoms with Gasteiger partial charge in [0.2, 0.25) is 0 Å². The minimum atomic E-state index is 0.0550. The first-order valence-electron chi connectivity index (χ1n) is 8.25. The summed E-state index contributed by atoms with van der Waals surface area (Å²) in [4.78, 5) is 19.6. The number of rotatable bonds is 2. The van der Waals surface area contributed by atoms with Gasteiger partial charge in [-0.05, 0) is 23.8 Å². The van der Waals surface area contributed by atoms with E-state index in [0.717, 1.165) is 35.1 Å². The molecule has 4 heteroatoms. The molecule has 1 N–H and O–H groups in total. The summed E-state index contributed by atoms with van der Waals surface area (Å²) in [5, 5.41) is 4.31. The van der Waals surface area contributed by atoms with E-state index in [4.69, 9.17) is 0 Å². The minimum Gasteiger partial charge on any atom is -0.329 e. The summed E-state index contributed by atoms with van der Waals surface area (Å²) < 4.78 is 0. The number of hydrogen-bond acceptors (Lipinski definition) is 3. The number of benzene rings is 2. The quantitative estimate of drug-likeness (QED) is 0.790. The van der Waals surface area contributed by atoms with Gasteiger partial charge in [-0.2, -0.15) is 0 Å². The summed E-state index contributed by atoms with van der Waals surface area (Å²) in [5.41, 5.74) is 2.74. The van der Waals surface area contributed by atoms with Crippen LogP contribution in [0.2, 0.25) is 0 Å². The van der Waals surface area contributed by atoms with Gasteiger partial charge in [-0.15, -0.1) is 0 Å². The van der Waals surface area contributed by atoms with E-state index < -0.39 is 0 Å². The summed E-state index contributed by atoms with van der Waals surface area (Å²) >= 11 is 0. The second kappa shape index (κ2) is 6.42. The second-order valence-electron chi connectivity index (χ2n) is 6.00. The van der Waals surface area contributed by atoms with Crippen LogP contribution in [0.15, 0.2) is 66.9 Å².